The van der Waals surface area contributed by atoms with Crippen molar-refractivity contribution in [3.63, 3.8) is 0 Å². The highest BCUT2D eigenvalue weighted by molar-refractivity contribution is 5.96. The summed E-state index contributed by atoms with van der Waals surface area (Å²) in [6.45, 7) is 0. The van der Waals surface area contributed by atoms with E-state index in [4.69, 9.17) is 0 Å². The summed E-state index contributed by atoms with van der Waals surface area (Å²) in [5.74, 6) is 0.131. The number of Topliss-reactive ketones (excluding diaryl/α,β-unsaturated/α-hetero) is 1. The molecular weight excluding hydrogens is 264 g/mol. The predicted octanol–water partition coefficient (Wildman–Crippen LogP) is 2.87. The Bertz CT molecular complexity index is 549. The lowest BCUT2D eigenvalue weighted by molar-refractivity contribution is -0.00206. The third-order valence-electron chi connectivity index (χ3n) is 4.99. The first-order valence-electron chi connectivity index (χ1n) is 7.76. The van der Waals surface area contributed by atoms with Gasteiger partial charge in [0.2, 0.25) is 0 Å². The topological polar surface area (TPSA) is 57.5 Å². The highest BCUT2D eigenvalue weighted by atomic mass is 16.3. The van der Waals surface area contributed by atoms with Crippen LogP contribution < -0.4 is 0 Å². The van der Waals surface area contributed by atoms with Crippen molar-refractivity contribution in [1.29, 1.82) is 0 Å². The van der Waals surface area contributed by atoms with Crippen LogP contribution in [0.3, 0.4) is 0 Å². The second-order valence-electron chi connectivity index (χ2n) is 6.41. The van der Waals surface area contributed by atoms with Crippen LogP contribution in [0.25, 0.3) is 0 Å². The normalized spacial score (nSPS) is 32.2. The maximum absolute atomic E-state index is 12.6. The van der Waals surface area contributed by atoms with Crippen molar-refractivity contribution < 1.29 is 15.0 Å². The van der Waals surface area contributed by atoms with Gasteiger partial charge in [-0.1, -0.05) is 48.4 Å². The molecule has 3 rings (SSSR count). The molecule has 0 aliphatic heterocycles. The van der Waals surface area contributed by atoms with Gasteiger partial charge in [0.25, 0.3) is 0 Å². The zero-order chi connectivity index (χ0) is 14.9. The summed E-state index contributed by atoms with van der Waals surface area (Å²) in [7, 11) is 0. The van der Waals surface area contributed by atoms with Gasteiger partial charge in [0.05, 0.1) is 12.2 Å². The highest BCUT2D eigenvalue weighted by Gasteiger charge is 2.44. The van der Waals surface area contributed by atoms with E-state index >= 15 is 0 Å². The Morgan fingerprint density at radius 2 is 1.95 bits per heavy atom. The summed E-state index contributed by atoms with van der Waals surface area (Å²) in [6, 6.07) is 9.35. The SMILES string of the molecule is O=C(C[C@@]12CCCCC1=CC(O)C(O)C2)c1ccccc1. The standard InChI is InChI=1S/C18H22O3/c19-15-10-14-8-4-5-9-18(14,12-17(15)21)11-16(20)13-6-2-1-3-7-13/h1-3,6-7,10,15,17,19,21H,4-5,8-9,11-12H2/t15?,17?,18-/m1/s1. The molecule has 1 aromatic carbocycles. The van der Waals surface area contributed by atoms with Crippen molar-refractivity contribution in [3.8, 4) is 0 Å². The van der Waals surface area contributed by atoms with Gasteiger partial charge in [-0.2, -0.15) is 0 Å². The van der Waals surface area contributed by atoms with E-state index in [1.165, 1.54) is 5.57 Å². The molecule has 1 aromatic rings. The number of hydrogen-bond acceptors (Lipinski definition) is 3. The fourth-order valence-electron chi connectivity index (χ4n) is 3.84. The molecule has 0 amide bonds. The van der Waals surface area contributed by atoms with Gasteiger partial charge in [-0.05, 0) is 25.7 Å². The maximum Gasteiger partial charge on any atom is 0.163 e. The number of fused-ring (bicyclic) bond motifs is 1. The maximum atomic E-state index is 12.6. The number of aliphatic hydroxyl groups excluding tert-OH is 2. The van der Waals surface area contributed by atoms with Gasteiger partial charge in [0.1, 0.15) is 0 Å². The Labute approximate surface area is 125 Å². The fraction of sp³-hybridized carbons (Fsp3) is 0.500. The molecule has 2 unspecified atom stereocenters. The largest absolute Gasteiger partial charge is 0.390 e. The van der Waals surface area contributed by atoms with Gasteiger partial charge >= 0.3 is 0 Å². The van der Waals surface area contributed by atoms with Crippen LogP contribution in [0.4, 0.5) is 0 Å². The van der Waals surface area contributed by atoms with Crippen molar-refractivity contribution in [1.82, 2.24) is 0 Å². The number of carbonyl (C=O) groups is 1. The summed E-state index contributed by atoms with van der Waals surface area (Å²) in [4.78, 5) is 12.6. The van der Waals surface area contributed by atoms with Gasteiger partial charge in [-0.25, -0.2) is 0 Å². The van der Waals surface area contributed by atoms with Crippen LogP contribution in [-0.4, -0.2) is 28.2 Å². The Hall–Kier alpha value is -1.45. The van der Waals surface area contributed by atoms with Gasteiger partial charge < -0.3 is 10.2 Å². The lowest BCUT2D eigenvalue weighted by Crippen LogP contribution is -2.42. The molecule has 0 spiro atoms. The summed E-state index contributed by atoms with van der Waals surface area (Å²) < 4.78 is 0. The van der Waals surface area contributed by atoms with E-state index in [0.717, 1.165) is 31.2 Å². The molecule has 2 N–H and O–H groups in total. The molecule has 3 atom stereocenters. The number of benzene rings is 1. The molecule has 0 radical (unpaired) electrons. The Morgan fingerprint density at radius 1 is 1.19 bits per heavy atom. The van der Waals surface area contributed by atoms with Gasteiger partial charge in [0.15, 0.2) is 5.78 Å². The van der Waals surface area contributed by atoms with Crippen LogP contribution in [-0.2, 0) is 0 Å². The van der Waals surface area contributed by atoms with Gasteiger partial charge in [0, 0.05) is 17.4 Å². The highest BCUT2D eigenvalue weighted by Crippen LogP contribution is 2.50. The van der Waals surface area contributed by atoms with Gasteiger partial charge in [-0.15, -0.1) is 0 Å². The van der Waals surface area contributed by atoms with Crippen LogP contribution in [0, 0.1) is 5.41 Å². The van der Waals surface area contributed by atoms with Crippen molar-refractivity contribution in [2.24, 2.45) is 5.41 Å². The number of hydrogen-bond donors (Lipinski definition) is 2. The summed E-state index contributed by atoms with van der Waals surface area (Å²) >= 11 is 0. The molecule has 0 saturated heterocycles. The molecule has 0 bridgehead atoms. The van der Waals surface area contributed by atoms with Crippen LogP contribution in [0.1, 0.15) is 48.9 Å². The molecule has 0 heterocycles. The third kappa shape index (κ3) is 2.81. The Balaban J connectivity index is 1.87. The van der Waals surface area contributed by atoms with Crippen LogP contribution >= 0.6 is 0 Å². The van der Waals surface area contributed by atoms with Crippen molar-refractivity contribution >= 4 is 5.78 Å². The molecule has 2 aliphatic rings. The molecule has 1 saturated carbocycles. The number of rotatable bonds is 3. The molecule has 1 fully saturated rings. The monoisotopic (exact) mass is 286 g/mol. The van der Waals surface area contributed by atoms with E-state index < -0.39 is 12.2 Å². The lowest BCUT2D eigenvalue weighted by Gasteiger charge is -2.45. The molecule has 3 heteroatoms. The minimum atomic E-state index is -0.780. The van der Waals surface area contributed by atoms with Crippen molar-refractivity contribution in [3.05, 3.63) is 47.5 Å². The molecular formula is C18H22O3. The molecule has 3 nitrogen and oxygen atoms in total. The van der Waals surface area contributed by atoms with Crippen LogP contribution in [0.15, 0.2) is 42.0 Å². The Kier molecular flexibility index (Phi) is 3.96. The first-order chi connectivity index (χ1) is 10.1. The quantitative estimate of drug-likeness (QED) is 0.663. The molecule has 2 aliphatic carbocycles. The number of carbonyl (C=O) groups excluding carboxylic acids is 1. The van der Waals surface area contributed by atoms with Crippen LogP contribution in [0.5, 0.6) is 0 Å². The number of aliphatic hydroxyl groups is 2. The minimum absolute atomic E-state index is 0.131. The first-order valence-corrected chi connectivity index (χ1v) is 7.76. The predicted molar refractivity (Wildman–Crippen MR) is 81.0 cm³/mol. The van der Waals surface area contributed by atoms with E-state index in [0.29, 0.717) is 12.8 Å². The van der Waals surface area contributed by atoms with E-state index in [1.807, 2.05) is 30.3 Å². The average molecular weight is 286 g/mol. The second kappa shape index (κ2) is 5.74. The summed E-state index contributed by atoms with van der Waals surface area (Å²) in [6.07, 6.45) is 5.26. The van der Waals surface area contributed by atoms with E-state index in [9.17, 15) is 15.0 Å². The number of ketones is 1. The average Bonchev–Trinajstić information content (AvgIpc) is 2.49. The minimum Gasteiger partial charge on any atom is -0.390 e. The smallest absolute Gasteiger partial charge is 0.163 e. The Morgan fingerprint density at radius 3 is 2.71 bits per heavy atom. The van der Waals surface area contributed by atoms with E-state index in [2.05, 4.69) is 0 Å². The van der Waals surface area contributed by atoms with E-state index in [1.54, 1.807) is 6.08 Å². The third-order valence-corrected chi connectivity index (χ3v) is 4.99. The first kappa shape index (κ1) is 14.5. The number of allylic oxidation sites excluding steroid dienone is 1. The van der Waals surface area contributed by atoms with E-state index in [-0.39, 0.29) is 11.2 Å². The molecule has 112 valence electrons. The molecule has 0 aromatic heterocycles. The molecule has 21 heavy (non-hydrogen) atoms. The second-order valence-corrected chi connectivity index (χ2v) is 6.41. The van der Waals surface area contributed by atoms with Crippen molar-refractivity contribution in [2.45, 2.75) is 50.7 Å². The summed E-state index contributed by atoms with van der Waals surface area (Å²) in [5, 5.41) is 19.9. The van der Waals surface area contributed by atoms with Crippen LogP contribution in [0.2, 0.25) is 0 Å². The zero-order valence-electron chi connectivity index (χ0n) is 12.2. The fourth-order valence-corrected chi connectivity index (χ4v) is 3.84. The van der Waals surface area contributed by atoms with Crippen molar-refractivity contribution in [2.75, 3.05) is 0 Å². The van der Waals surface area contributed by atoms with Gasteiger partial charge in [-0.3, -0.25) is 4.79 Å². The zero-order valence-corrected chi connectivity index (χ0v) is 12.2. The lowest BCUT2D eigenvalue weighted by atomic mass is 9.61. The summed E-state index contributed by atoms with van der Waals surface area (Å²) in [5.41, 5.74) is 1.66.